The van der Waals surface area contributed by atoms with Crippen LogP contribution in [0.15, 0.2) is 60.0 Å². The monoisotopic (exact) mass is 404 g/mol. The highest BCUT2D eigenvalue weighted by Gasteiger charge is 2.34. The molecule has 0 saturated carbocycles. The fourth-order valence-corrected chi connectivity index (χ4v) is 3.55. The first-order chi connectivity index (χ1) is 14.6. The Hall–Kier alpha value is -3.81. The standard InChI is InChI=1S/C22H20N4O4/c1-30-15-7-5-14(6-8-15)18-13-19(26(25-18)20(27)9-10-21(28)29)16-3-2-4-17-22(16)24-12-11-23-17/h2-8,11-12,19H,9-10,13H2,1H3,(H,28,29)/t19-/m0/s1. The van der Waals surface area contributed by atoms with E-state index in [0.717, 1.165) is 28.1 Å². The summed E-state index contributed by atoms with van der Waals surface area (Å²) in [5.41, 5.74) is 3.88. The van der Waals surface area contributed by atoms with Crippen LogP contribution in [-0.4, -0.2) is 44.8 Å². The van der Waals surface area contributed by atoms with Crippen molar-refractivity contribution < 1.29 is 19.4 Å². The molecule has 1 aromatic heterocycles. The summed E-state index contributed by atoms with van der Waals surface area (Å²) in [6.45, 7) is 0. The molecule has 8 nitrogen and oxygen atoms in total. The number of hydrogen-bond acceptors (Lipinski definition) is 6. The molecule has 8 heteroatoms. The van der Waals surface area contributed by atoms with Gasteiger partial charge in [0.05, 0.1) is 36.3 Å². The van der Waals surface area contributed by atoms with Gasteiger partial charge in [-0.15, -0.1) is 0 Å². The molecule has 0 aliphatic carbocycles. The van der Waals surface area contributed by atoms with Crippen molar-refractivity contribution in [2.24, 2.45) is 5.10 Å². The highest BCUT2D eigenvalue weighted by atomic mass is 16.5. The molecule has 152 valence electrons. The molecular formula is C22H20N4O4. The largest absolute Gasteiger partial charge is 0.497 e. The van der Waals surface area contributed by atoms with Crippen LogP contribution in [0, 0.1) is 0 Å². The molecule has 0 fully saturated rings. The van der Waals surface area contributed by atoms with Crippen LogP contribution in [-0.2, 0) is 9.59 Å². The molecule has 1 atom stereocenters. The third kappa shape index (κ3) is 3.84. The maximum atomic E-state index is 12.8. The Bertz CT molecular complexity index is 1120. The average Bonchev–Trinajstić information content (AvgIpc) is 3.22. The Balaban J connectivity index is 1.72. The van der Waals surface area contributed by atoms with Crippen LogP contribution < -0.4 is 4.74 Å². The Kier molecular flexibility index (Phi) is 5.38. The van der Waals surface area contributed by atoms with E-state index < -0.39 is 5.97 Å². The lowest BCUT2D eigenvalue weighted by molar-refractivity contribution is -0.141. The van der Waals surface area contributed by atoms with E-state index in [2.05, 4.69) is 15.1 Å². The number of carboxylic acid groups (broad SMARTS) is 1. The molecule has 0 spiro atoms. The molecule has 4 rings (SSSR count). The van der Waals surface area contributed by atoms with Crippen LogP contribution in [0.4, 0.5) is 0 Å². The normalized spacial score (nSPS) is 15.8. The summed E-state index contributed by atoms with van der Waals surface area (Å²) in [4.78, 5) is 32.6. The number of carbonyl (C=O) groups is 2. The van der Waals surface area contributed by atoms with Crippen LogP contribution in [0.25, 0.3) is 11.0 Å². The van der Waals surface area contributed by atoms with Crippen molar-refractivity contribution in [3.05, 3.63) is 66.0 Å². The van der Waals surface area contributed by atoms with Gasteiger partial charge < -0.3 is 9.84 Å². The quantitative estimate of drug-likeness (QED) is 0.677. The second-order valence-electron chi connectivity index (χ2n) is 6.90. The van der Waals surface area contributed by atoms with E-state index in [0.29, 0.717) is 11.9 Å². The highest BCUT2D eigenvalue weighted by Crippen LogP contribution is 2.36. The molecule has 30 heavy (non-hydrogen) atoms. The van der Waals surface area contributed by atoms with E-state index in [1.807, 2.05) is 42.5 Å². The van der Waals surface area contributed by atoms with E-state index in [9.17, 15) is 9.59 Å². The SMILES string of the molecule is COc1ccc(C2=NN(C(=O)CCC(=O)O)[C@H](c3cccc4nccnc34)C2)cc1. The molecule has 1 amide bonds. The van der Waals surface area contributed by atoms with Crippen molar-refractivity contribution in [1.29, 1.82) is 0 Å². The summed E-state index contributed by atoms with van der Waals surface area (Å²) in [5.74, 6) is -0.631. The predicted molar refractivity (Wildman–Crippen MR) is 110 cm³/mol. The smallest absolute Gasteiger partial charge is 0.303 e. The number of aliphatic carboxylic acids is 1. The molecule has 0 unspecified atom stereocenters. The lowest BCUT2D eigenvalue weighted by atomic mass is 9.97. The summed E-state index contributed by atoms with van der Waals surface area (Å²) < 4.78 is 5.21. The maximum Gasteiger partial charge on any atom is 0.303 e. The van der Waals surface area contributed by atoms with Gasteiger partial charge in [0, 0.05) is 30.8 Å². The summed E-state index contributed by atoms with van der Waals surface area (Å²) in [6.07, 6.45) is 3.35. The molecule has 1 N–H and O–H groups in total. The minimum atomic E-state index is -1.02. The molecule has 1 aliphatic heterocycles. The van der Waals surface area contributed by atoms with Gasteiger partial charge in [-0.25, -0.2) is 5.01 Å². The molecule has 2 heterocycles. The number of carbonyl (C=O) groups excluding carboxylic acids is 1. The van der Waals surface area contributed by atoms with Gasteiger partial charge in [0.15, 0.2) is 0 Å². The summed E-state index contributed by atoms with van der Waals surface area (Å²) in [7, 11) is 1.60. The van der Waals surface area contributed by atoms with E-state index in [4.69, 9.17) is 9.84 Å². The molecule has 0 bridgehead atoms. The number of ether oxygens (including phenoxy) is 1. The van der Waals surface area contributed by atoms with Crippen LogP contribution in [0.2, 0.25) is 0 Å². The summed E-state index contributed by atoms with van der Waals surface area (Å²) in [6, 6.07) is 12.7. The zero-order valence-electron chi connectivity index (χ0n) is 16.4. The number of para-hydroxylation sites is 1. The predicted octanol–water partition coefficient (Wildman–Crippen LogP) is 3.18. The number of hydrogen-bond donors (Lipinski definition) is 1. The Morgan fingerprint density at radius 1 is 1.10 bits per heavy atom. The summed E-state index contributed by atoms with van der Waals surface area (Å²) in [5, 5.41) is 14.9. The molecule has 1 aliphatic rings. The Morgan fingerprint density at radius 3 is 2.60 bits per heavy atom. The second kappa shape index (κ2) is 8.28. The van der Waals surface area contributed by atoms with Gasteiger partial charge in [-0.05, 0) is 35.9 Å². The third-order valence-corrected chi connectivity index (χ3v) is 5.03. The molecule has 2 aromatic carbocycles. The lowest BCUT2D eigenvalue weighted by Crippen LogP contribution is -2.27. The number of benzene rings is 2. The topological polar surface area (TPSA) is 105 Å². The molecular weight excluding hydrogens is 384 g/mol. The Morgan fingerprint density at radius 2 is 1.87 bits per heavy atom. The van der Waals surface area contributed by atoms with Crippen molar-refractivity contribution >= 4 is 28.6 Å². The number of aromatic nitrogens is 2. The van der Waals surface area contributed by atoms with Crippen molar-refractivity contribution in [3.8, 4) is 5.75 Å². The maximum absolute atomic E-state index is 12.8. The van der Waals surface area contributed by atoms with Gasteiger partial charge in [0.1, 0.15) is 5.75 Å². The molecule has 3 aromatic rings. The van der Waals surface area contributed by atoms with E-state index in [-0.39, 0.29) is 24.8 Å². The number of carboxylic acids is 1. The van der Waals surface area contributed by atoms with Gasteiger partial charge in [-0.3, -0.25) is 19.6 Å². The number of rotatable bonds is 6. The van der Waals surface area contributed by atoms with E-state index in [1.165, 1.54) is 5.01 Å². The number of hydrazone groups is 1. The van der Waals surface area contributed by atoms with Crippen molar-refractivity contribution in [2.75, 3.05) is 7.11 Å². The number of amides is 1. The van der Waals surface area contributed by atoms with E-state index in [1.54, 1.807) is 19.5 Å². The number of methoxy groups -OCH3 is 1. The zero-order valence-corrected chi connectivity index (χ0v) is 16.4. The van der Waals surface area contributed by atoms with Crippen molar-refractivity contribution in [3.63, 3.8) is 0 Å². The molecule has 0 radical (unpaired) electrons. The Labute approximate surface area is 172 Å². The highest BCUT2D eigenvalue weighted by molar-refractivity contribution is 6.03. The number of nitrogens with zero attached hydrogens (tertiary/aromatic N) is 4. The van der Waals surface area contributed by atoms with Crippen LogP contribution in [0.3, 0.4) is 0 Å². The first-order valence-electron chi connectivity index (χ1n) is 9.52. The van der Waals surface area contributed by atoms with Gasteiger partial charge in [-0.2, -0.15) is 5.10 Å². The van der Waals surface area contributed by atoms with Crippen LogP contribution in [0.1, 0.15) is 36.4 Å². The average molecular weight is 404 g/mol. The third-order valence-electron chi connectivity index (χ3n) is 5.03. The first-order valence-corrected chi connectivity index (χ1v) is 9.52. The fourth-order valence-electron chi connectivity index (χ4n) is 3.55. The minimum absolute atomic E-state index is 0.123. The van der Waals surface area contributed by atoms with Gasteiger partial charge >= 0.3 is 5.97 Å². The van der Waals surface area contributed by atoms with Gasteiger partial charge in [0.2, 0.25) is 5.91 Å². The van der Waals surface area contributed by atoms with Gasteiger partial charge in [-0.1, -0.05) is 12.1 Å². The fraction of sp³-hybridized carbons (Fsp3) is 0.227. The van der Waals surface area contributed by atoms with Crippen molar-refractivity contribution in [2.45, 2.75) is 25.3 Å². The minimum Gasteiger partial charge on any atom is -0.497 e. The summed E-state index contributed by atoms with van der Waals surface area (Å²) >= 11 is 0. The molecule has 0 saturated heterocycles. The lowest BCUT2D eigenvalue weighted by Gasteiger charge is -2.22. The van der Waals surface area contributed by atoms with Crippen LogP contribution >= 0.6 is 0 Å². The second-order valence-corrected chi connectivity index (χ2v) is 6.90. The number of fused-ring (bicyclic) bond motifs is 1. The van der Waals surface area contributed by atoms with Gasteiger partial charge in [0.25, 0.3) is 0 Å². The van der Waals surface area contributed by atoms with E-state index >= 15 is 0 Å². The first kappa shape index (κ1) is 19.5. The zero-order chi connectivity index (χ0) is 21.1. The van der Waals surface area contributed by atoms with Crippen LogP contribution in [0.5, 0.6) is 5.75 Å². The van der Waals surface area contributed by atoms with Crippen molar-refractivity contribution in [1.82, 2.24) is 15.0 Å².